The largest absolute Gasteiger partial charge is 0.412 e. The third-order valence-electron chi connectivity index (χ3n) is 1.72. The van der Waals surface area contributed by atoms with Crippen molar-refractivity contribution in [2.45, 2.75) is 78.1 Å². The average Bonchev–Trinajstić information content (AvgIpc) is 2.34. The predicted octanol–water partition coefficient (Wildman–Crippen LogP) is 6.87. The molecule has 0 heterocycles. The molecule has 0 unspecified atom stereocenters. The van der Waals surface area contributed by atoms with E-state index >= 15 is 0 Å². The van der Waals surface area contributed by atoms with E-state index in [2.05, 4.69) is 20.8 Å². The van der Waals surface area contributed by atoms with Crippen LogP contribution in [-0.4, -0.2) is 51.0 Å². The Balaban J connectivity index is -0.0000000260. The minimum Gasteiger partial charge on any atom is -0.412 e. The summed E-state index contributed by atoms with van der Waals surface area (Å²) >= 11 is 14.6. The Bertz CT molecular complexity index is 596. The van der Waals surface area contributed by atoms with Crippen LogP contribution in [0, 0.1) is 20.8 Å². The van der Waals surface area contributed by atoms with E-state index in [0.717, 1.165) is 5.92 Å². The van der Waals surface area contributed by atoms with Gasteiger partial charge in [0.25, 0.3) is 10.1 Å². The molecule has 0 atom stereocenters. The van der Waals surface area contributed by atoms with Crippen LogP contribution in [0.2, 0.25) is 0 Å². The van der Waals surface area contributed by atoms with Crippen molar-refractivity contribution < 1.29 is 101 Å². The Labute approximate surface area is 284 Å². The summed E-state index contributed by atoms with van der Waals surface area (Å²) in [5.74, 6) is -0.370. The van der Waals surface area contributed by atoms with Gasteiger partial charge in [-0.25, -0.2) is 16.8 Å². The molecule has 0 amide bonds. The third kappa shape index (κ3) is 91.2. The van der Waals surface area contributed by atoms with Crippen molar-refractivity contribution in [1.29, 1.82) is 0 Å². The SMILES string of the molecule is CC(C)C.CC(C)S(=O)(=O)Cl.CC(C)S(=O)(=O)Cl.CC(C)S(=O)(=O)O.ClP(Cl)Cl.O.[CH3-].[CH3-].[Y].[Y]. The molecule has 34 heavy (non-hydrogen) atoms. The quantitative estimate of drug-likeness (QED) is 0.141. The van der Waals surface area contributed by atoms with Crippen molar-refractivity contribution >= 4 is 89.3 Å². The molecule has 0 saturated carbocycles. The first-order valence-electron chi connectivity index (χ1n) is 7.90. The van der Waals surface area contributed by atoms with Gasteiger partial charge in [0, 0.05) is 86.8 Å². The van der Waals surface area contributed by atoms with Crippen LogP contribution in [0.3, 0.4) is 0 Å². The van der Waals surface area contributed by atoms with Gasteiger partial charge in [-0.1, -0.05) is 54.5 Å². The fourth-order valence-corrected chi connectivity index (χ4v) is 0. The molecule has 0 aromatic rings. The molecule has 0 bridgehead atoms. The second-order valence-electron chi connectivity index (χ2n) is 6.54. The van der Waals surface area contributed by atoms with Gasteiger partial charge in [-0.05, 0) is 47.5 Å². The molecule has 0 fully saturated rings. The van der Waals surface area contributed by atoms with E-state index in [1.165, 1.54) is 41.5 Å². The van der Waals surface area contributed by atoms with Crippen LogP contribution >= 0.6 is 61.1 Å². The maximum atomic E-state index is 10.1. The zero-order valence-electron chi connectivity index (χ0n) is 21.4. The molecule has 3 N–H and O–H groups in total. The molecule has 0 rings (SSSR count). The maximum absolute atomic E-state index is 10.1. The van der Waals surface area contributed by atoms with Crippen LogP contribution in [0.25, 0.3) is 0 Å². The van der Waals surface area contributed by atoms with Crippen molar-refractivity contribution in [2.24, 2.45) is 5.92 Å². The zero-order chi connectivity index (χ0) is 25.4. The van der Waals surface area contributed by atoms with Gasteiger partial charge in [0.05, 0.1) is 15.7 Å². The van der Waals surface area contributed by atoms with Gasteiger partial charge in [-0.3, -0.25) is 4.55 Å². The molecule has 0 aromatic carbocycles. The van der Waals surface area contributed by atoms with E-state index in [1.807, 2.05) is 0 Å². The molecule has 19 heteroatoms. The van der Waals surface area contributed by atoms with E-state index in [1.54, 1.807) is 0 Å². The maximum Gasteiger partial charge on any atom is 0.267 e. The second-order valence-corrected chi connectivity index (χ2v) is 19.9. The van der Waals surface area contributed by atoms with Crippen LogP contribution < -0.4 is 0 Å². The van der Waals surface area contributed by atoms with Crippen LogP contribution in [-0.2, 0) is 93.6 Å². The summed E-state index contributed by atoms with van der Waals surface area (Å²) in [7, 11) is -0.597. The first-order valence-corrected chi connectivity index (χ1v) is 18.2. The van der Waals surface area contributed by atoms with Crippen molar-refractivity contribution in [1.82, 2.24) is 0 Å². The van der Waals surface area contributed by atoms with Crippen molar-refractivity contribution in [3.8, 4) is 0 Å². The molecule has 0 saturated heterocycles. The fraction of sp³-hybridized carbons (Fsp3) is 0.867. The Morgan fingerprint density at radius 3 is 0.647 bits per heavy atom. The van der Waals surface area contributed by atoms with E-state index in [9.17, 15) is 25.3 Å². The topological polar surface area (TPSA) is 154 Å². The molecule has 2 radical (unpaired) electrons. The summed E-state index contributed by atoms with van der Waals surface area (Å²) in [6.45, 7) is 15.4. The van der Waals surface area contributed by atoms with Gasteiger partial charge in [-0.15, -0.1) is 0 Å². The van der Waals surface area contributed by atoms with Crippen LogP contribution in [0.5, 0.6) is 0 Å². The van der Waals surface area contributed by atoms with Gasteiger partial charge < -0.3 is 20.3 Å². The Morgan fingerprint density at radius 2 is 0.647 bits per heavy atom. The minimum absolute atomic E-state index is 0. The molecule has 8 nitrogen and oxygen atoms in total. The van der Waals surface area contributed by atoms with Gasteiger partial charge in [0.1, 0.15) is 0 Å². The molecular formula is C15H40Cl5O8PS3Y2-2. The average molecular weight is 831 g/mol. The molecule has 0 spiro atoms. The normalized spacial score (nSPS) is 9.88. The number of hydrogen-bond acceptors (Lipinski definition) is 6. The summed E-state index contributed by atoms with van der Waals surface area (Å²) in [4.78, 5) is 0. The monoisotopic (exact) mass is 828 g/mol. The van der Waals surface area contributed by atoms with Crippen molar-refractivity contribution in [3.63, 3.8) is 0 Å². The fourth-order valence-electron chi connectivity index (χ4n) is 0. The van der Waals surface area contributed by atoms with E-state index < -0.39 is 49.9 Å². The first-order chi connectivity index (χ1) is 12.3. The van der Waals surface area contributed by atoms with Crippen molar-refractivity contribution in [2.75, 3.05) is 0 Å². The molecule has 0 aliphatic rings. The second kappa shape index (κ2) is 34.9. The molecule has 0 aromatic heterocycles. The van der Waals surface area contributed by atoms with Gasteiger partial charge in [0.15, 0.2) is 5.98 Å². The Kier molecular flexibility index (Phi) is 68.0. The van der Waals surface area contributed by atoms with E-state index in [4.69, 9.17) is 59.6 Å². The zero-order valence-corrected chi connectivity index (χ0v) is 34.2. The smallest absolute Gasteiger partial charge is 0.267 e. The van der Waals surface area contributed by atoms with E-state index in [-0.39, 0.29) is 85.7 Å². The third-order valence-corrected chi connectivity index (χ3v) is 7.30. The Morgan fingerprint density at radius 1 is 0.588 bits per heavy atom. The van der Waals surface area contributed by atoms with Crippen molar-refractivity contribution in [3.05, 3.63) is 14.9 Å². The molecule has 0 aliphatic heterocycles. The summed E-state index contributed by atoms with van der Waals surface area (Å²) in [5, 5.41) is -1.60. The first kappa shape index (κ1) is 66.3. The molecule has 214 valence electrons. The van der Waals surface area contributed by atoms with Crippen LogP contribution in [0.15, 0.2) is 0 Å². The Hall–Kier alpha value is 3.86. The summed E-state index contributed by atoms with van der Waals surface area (Å²) in [6, 6.07) is 0. The summed E-state index contributed by atoms with van der Waals surface area (Å²) in [5.41, 5.74) is 0. The number of rotatable bonds is 3. The van der Waals surface area contributed by atoms with Crippen LogP contribution in [0.4, 0.5) is 0 Å². The minimum atomic E-state index is -3.74. The summed E-state index contributed by atoms with van der Waals surface area (Å²) in [6.07, 6.45) is 0. The molecule has 0 aliphatic carbocycles. The van der Waals surface area contributed by atoms with Gasteiger partial charge >= 0.3 is 0 Å². The summed E-state index contributed by atoms with van der Waals surface area (Å²) < 4.78 is 68.2. The van der Waals surface area contributed by atoms with Gasteiger partial charge in [0.2, 0.25) is 18.1 Å². The molecular weight excluding hydrogens is 790 g/mol. The number of halogens is 5. The number of hydrogen-bond donors (Lipinski definition) is 1. The predicted molar refractivity (Wildman–Crippen MR) is 148 cm³/mol. The van der Waals surface area contributed by atoms with Crippen LogP contribution in [0.1, 0.15) is 62.3 Å². The standard InChI is InChI=1S/C4H10.2C3H7ClO2S.C3H8O3S.2CH3.Cl3P.H2O.2Y/c1-4(2)3;3*1-3(2)7(4,5)6;;;1-4(2)3;;;/h4H,1-3H3;2*3H,1-2H3;3H,1-2H3,(H,4,5,6);2*1H3;;1H2;;/q;;;;2*-1;;;;. The van der Waals surface area contributed by atoms with E-state index in [0.29, 0.717) is 0 Å². The van der Waals surface area contributed by atoms with Gasteiger partial charge in [-0.2, -0.15) is 8.42 Å².